The average Bonchev–Trinajstić information content (AvgIpc) is 2.72. The SMILES string of the molecule is CCc1ccccc1NC(=O)CN(C)C(=O)C(C)N1CCc2ccccc2C1. The number of nitrogens with one attached hydrogen (secondary N) is 1. The molecule has 2 aromatic rings. The zero-order valence-corrected chi connectivity index (χ0v) is 16.9. The van der Waals surface area contributed by atoms with Crippen LogP contribution in [-0.4, -0.2) is 47.8 Å². The number of nitrogens with zero attached hydrogens (tertiary/aromatic N) is 2. The number of amides is 2. The van der Waals surface area contributed by atoms with Gasteiger partial charge in [0.2, 0.25) is 11.8 Å². The number of aryl methyl sites for hydroxylation is 1. The zero-order chi connectivity index (χ0) is 20.1. The molecule has 0 saturated heterocycles. The minimum Gasteiger partial charge on any atom is -0.335 e. The lowest BCUT2D eigenvalue weighted by molar-refractivity contribution is -0.138. The maximum atomic E-state index is 12.9. The Morgan fingerprint density at radius 3 is 2.54 bits per heavy atom. The van der Waals surface area contributed by atoms with Crippen molar-refractivity contribution in [1.82, 2.24) is 9.80 Å². The van der Waals surface area contributed by atoms with Gasteiger partial charge in [-0.25, -0.2) is 0 Å². The Bertz CT molecular complexity index is 849. The van der Waals surface area contributed by atoms with Crippen molar-refractivity contribution in [2.24, 2.45) is 0 Å². The molecule has 28 heavy (non-hydrogen) atoms. The molecular formula is C23H29N3O2. The van der Waals surface area contributed by atoms with Gasteiger partial charge in [-0.3, -0.25) is 14.5 Å². The molecular weight excluding hydrogens is 350 g/mol. The van der Waals surface area contributed by atoms with Gasteiger partial charge in [0.1, 0.15) is 0 Å². The summed E-state index contributed by atoms with van der Waals surface area (Å²) in [6.07, 6.45) is 1.80. The number of carbonyl (C=O) groups excluding carboxylic acids is 2. The van der Waals surface area contributed by atoms with Crippen LogP contribution in [0, 0.1) is 0 Å². The van der Waals surface area contributed by atoms with Gasteiger partial charge in [0.25, 0.3) is 0 Å². The Balaban J connectivity index is 1.57. The fourth-order valence-corrected chi connectivity index (χ4v) is 3.76. The predicted molar refractivity (Wildman–Crippen MR) is 112 cm³/mol. The van der Waals surface area contributed by atoms with Crippen molar-refractivity contribution in [1.29, 1.82) is 0 Å². The summed E-state index contributed by atoms with van der Waals surface area (Å²) in [4.78, 5) is 29.0. The Kier molecular flexibility index (Phi) is 6.47. The van der Waals surface area contributed by atoms with Gasteiger partial charge in [0.05, 0.1) is 12.6 Å². The molecule has 1 aliphatic heterocycles. The maximum Gasteiger partial charge on any atom is 0.243 e. The third-order valence-electron chi connectivity index (χ3n) is 5.49. The van der Waals surface area contributed by atoms with Gasteiger partial charge in [-0.15, -0.1) is 0 Å². The highest BCUT2D eigenvalue weighted by molar-refractivity contribution is 5.95. The standard InChI is InChI=1S/C23H29N3O2/c1-4-18-9-7-8-12-21(18)24-22(27)16-25(3)23(28)17(2)26-14-13-19-10-5-6-11-20(19)15-26/h5-12,17H,4,13-16H2,1-3H3,(H,24,27). The molecule has 2 aromatic carbocycles. The van der Waals surface area contributed by atoms with Gasteiger partial charge in [0, 0.05) is 25.8 Å². The van der Waals surface area contributed by atoms with Crippen molar-refractivity contribution < 1.29 is 9.59 Å². The quantitative estimate of drug-likeness (QED) is 0.839. The Labute approximate surface area is 167 Å². The van der Waals surface area contributed by atoms with Crippen LogP contribution >= 0.6 is 0 Å². The highest BCUT2D eigenvalue weighted by atomic mass is 16.2. The first-order valence-corrected chi connectivity index (χ1v) is 9.93. The average molecular weight is 380 g/mol. The van der Waals surface area contributed by atoms with E-state index in [9.17, 15) is 9.59 Å². The molecule has 0 radical (unpaired) electrons. The van der Waals surface area contributed by atoms with Gasteiger partial charge >= 0.3 is 0 Å². The third-order valence-corrected chi connectivity index (χ3v) is 5.49. The summed E-state index contributed by atoms with van der Waals surface area (Å²) in [5.41, 5.74) is 4.55. The Morgan fingerprint density at radius 1 is 1.11 bits per heavy atom. The number of anilines is 1. The summed E-state index contributed by atoms with van der Waals surface area (Å²) >= 11 is 0. The zero-order valence-electron chi connectivity index (χ0n) is 16.9. The molecule has 1 aliphatic rings. The number of likely N-dealkylation sites (N-methyl/N-ethyl adjacent to an activating group) is 1. The molecule has 0 saturated carbocycles. The second-order valence-electron chi connectivity index (χ2n) is 7.42. The number of carbonyl (C=O) groups is 2. The lowest BCUT2D eigenvalue weighted by atomic mass is 9.98. The molecule has 1 atom stereocenters. The summed E-state index contributed by atoms with van der Waals surface area (Å²) in [5.74, 6) is -0.203. The van der Waals surface area contributed by atoms with Gasteiger partial charge in [-0.05, 0) is 42.5 Å². The molecule has 1 N–H and O–H groups in total. The van der Waals surface area contributed by atoms with Crippen LogP contribution in [0.3, 0.4) is 0 Å². The summed E-state index contributed by atoms with van der Waals surface area (Å²) in [7, 11) is 1.70. The van der Waals surface area contributed by atoms with E-state index < -0.39 is 0 Å². The second-order valence-corrected chi connectivity index (χ2v) is 7.42. The first-order chi connectivity index (χ1) is 13.5. The van der Waals surface area contributed by atoms with E-state index in [1.165, 1.54) is 16.0 Å². The number of para-hydroxylation sites is 1. The molecule has 0 aromatic heterocycles. The largest absolute Gasteiger partial charge is 0.335 e. The van der Waals surface area contributed by atoms with Crippen LogP contribution in [0.25, 0.3) is 0 Å². The molecule has 0 fully saturated rings. The molecule has 0 bridgehead atoms. The first kappa shape index (κ1) is 20.1. The molecule has 0 spiro atoms. The summed E-state index contributed by atoms with van der Waals surface area (Å²) in [6.45, 7) is 5.66. The molecule has 2 amide bonds. The van der Waals surface area contributed by atoms with Crippen LogP contribution in [-0.2, 0) is 29.0 Å². The topological polar surface area (TPSA) is 52.7 Å². The number of hydrogen-bond acceptors (Lipinski definition) is 3. The Morgan fingerprint density at radius 2 is 1.79 bits per heavy atom. The number of rotatable bonds is 6. The lowest BCUT2D eigenvalue weighted by Gasteiger charge is -2.34. The normalized spacial score (nSPS) is 14.8. The van der Waals surface area contributed by atoms with Crippen molar-refractivity contribution in [2.75, 3.05) is 25.5 Å². The van der Waals surface area contributed by atoms with Crippen molar-refractivity contribution in [3.8, 4) is 0 Å². The monoisotopic (exact) mass is 379 g/mol. The molecule has 1 unspecified atom stereocenters. The van der Waals surface area contributed by atoms with E-state index in [-0.39, 0.29) is 24.4 Å². The van der Waals surface area contributed by atoms with Crippen LogP contribution in [0.1, 0.15) is 30.5 Å². The van der Waals surface area contributed by atoms with Gasteiger partial charge in [0.15, 0.2) is 0 Å². The van der Waals surface area contributed by atoms with Crippen LogP contribution < -0.4 is 5.32 Å². The lowest BCUT2D eigenvalue weighted by Crippen LogP contribution is -2.49. The predicted octanol–water partition coefficient (Wildman–Crippen LogP) is 3.09. The summed E-state index contributed by atoms with van der Waals surface area (Å²) in [6, 6.07) is 15.9. The van der Waals surface area contributed by atoms with Crippen molar-refractivity contribution in [2.45, 2.75) is 39.3 Å². The maximum absolute atomic E-state index is 12.9. The molecule has 0 aliphatic carbocycles. The minimum absolute atomic E-state index is 0.0293. The van der Waals surface area contributed by atoms with Crippen LogP contribution in [0.4, 0.5) is 5.69 Å². The fourth-order valence-electron chi connectivity index (χ4n) is 3.76. The van der Waals surface area contributed by atoms with Crippen LogP contribution in [0.5, 0.6) is 0 Å². The van der Waals surface area contributed by atoms with Gasteiger partial charge in [-0.2, -0.15) is 0 Å². The fraction of sp³-hybridized carbons (Fsp3) is 0.391. The Hall–Kier alpha value is -2.66. The van der Waals surface area contributed by atoms with E-state index in [0.29, 0.717) is 0 Å². The van der Waals surface area contributed by atoms with Crippen LogP contribution in [0.2, 0.25) is 0 Å². The van der Waals surface area contributed by atoms with Gasteiger partial charge < -0.3 is 10.2 Å². The second kappa shape index (κ2) is 9.02. The van der Waals surface area contributed by atoms with E-state index in [1.807, 2.05) is 37.3 Å². The first-order valence-electron chi connectivity index (χ1n) is 9.93. The number of fused-ring (bicyclic) bond motifs is 1. The number of hydrogen-bond donors (Lipinski definition) is 1. The molecule has 5 heteroatoms. The summed E-state index contributed by atoms with van der Waals surface area (Å²) < 4.78 is 0. The molecule has 1 heterocycles. The summed E-state index contributed by atoms with van der Waals surface area (Å²) in [5, 5.41) is 2.93. The van der Waals surface area contributed by atoms with Crippen molar-refractivity contribution in [3.63, 3.8) is 0 Å². The van der Waals surface area contributed by atoms with E-state index in [2.05, 4.69) is 35.3 Å². The molecule has 5 nitrogen and oxygen atoms in total. The van der Waals surface area contributed by atoms with Crippen molar-refractivity contribution >= 4 is 17.5 Å². The molecule has 3 rings (SSSR count). The highest BCUT2D eigenvalue weighted by Crippen LogP contribution is 2.21. The van der Waals surface area contributed by atoms with Crippen LogP contribution in [0.15, 0.2) is 48.5 Å². The molecule has 148 valence electrons. The smallest absolute Gasteiger partial charge is 0.243 e. The van der Waals surface area contributed by atoms with E-state index in [1.54, 1.807) is 7.05 Å². The van der Waals surface area contributed by atoms with Crippen molar-refractivity contribution in [3.05, 3.63) is 65.2 Å². The third kappa shape index (κ3) is 4.60. The van der Waals surface area contributed by atoms with E-state index in [4.69, 9.17) is 0 Å². The minimum atomic E-state index is -0.255. The van der Waals surface area contributed by atoms with Gasteiger partial charge in [-0.1, -0.05) is 49.4 Å². The number of benzene rings is 2. The van der Waals surface area contributed by atoms with E-state index in [0.717, 1.165) is 37.2 Å². The highest BCUT2D eigenvalue weighted by Gasteiger charge is 2.28. The van der Waals surface area contributed by atoms with E-state index >= 15 is 0 Å².